The molecule has 0 aliphatic carbocycles. The monoisotopic (exact) mass is 260 g/mol. The number of nitrogens with zero attached hydrogens (tertiary/aromatic N) is 2. The van der Waals surface area contributed by atoms with Gasteiger partial charge in [0.2, 0.25) is 0 Å². The van der Waals surface area contributed by atoms with Crippen molar-refractivity contribution in [3.63, 3.8) is 0 Å². The van der Waals surface area contributed by atoms with Crippen molar-refractivity contribution in [2.45, 2.75) is 33.2 Å². The highest BCUT2D eigenvalue weighted by atomic mass is 19.1. The third kappa shape index (κ3) is 3.08. The normalized spacial score (nSPS) is 11.0. The summed E-state index contributed by atoms with van der Waals surface area (Å²) in [5, 5.41) is 4.32. The number of halogens is 1. The van der Waals surface area contributed by atoms with E-state index in [9.17, 15) is 9.18 Å². The molecule has 2 aromatic rings. The Bertz CT molecular complexity index is 602. The van der Waals surface area contributed by atoms with Crippen molar-refractivity contribution in [3.05, 3.63) is 53.1 Å². The van der Waals surface area contributed by atoms with Crippen molar-refractivity contribution in [2.75, 3.05) is 0 Å². The van der Waals surface area contributed by atoms with E-state index in [1.165, 1.54) is 6.07 Å². The SMILES string of the molecule is Cc1ccc(C(=O)Cc2ccn(C(C)C)n2)cc1F. The number of rotatable bonds is 4. The Balaban J connectivity index is 2.13. The minimum absolute atomic E-state index is 0.118. The van der Waals surface area contributed by atoms with Gasteiger partial charge in [0.25, 0.3) is 0 Å². The van der Waals surface area contributed by atoms with Crippen LogP contribution in [-0.2, 0) is 6.42 Å². The highest BCUT2D eigenvalue weighted by Crippen LogP contribution is 2.12. The molecule has 0 bridgehead atoms. The maximum absolute atomic E-state index is 13.4. The van der Waals surface area contributed by atoms with Crippen LogP contribution in [0.15, 0.2) is 30.5 Å². The van der Waals surface area contributed by atoms with Crippen LogP contribution in [0.1, 0.15) is 41.5 Å². The Morgan fingerprint density at radius 2 is 2.11 bits per heavy atom. The van der Waals surface area contributed by atoms with Gasteiger partial charge >= 0.3 is 0 Å². The van der Waals surface area contributed by atoms with Crippen molar-refractivity contribution in [2.24, 2.45) is 0 Å². The van der Waals surface area contributed by atoms with Crippen LogP contribution < -0.4 is 0 Å². The zero-order chi connectivity index (χ0) is 14.0. The van der Waals surface area contributed by atoms with E-state index in [4.69, 9.17) is 0 Å². The van der Waals surface area contributed by atoms with E-state index in [-0.39, 0.29) is 24.1 Å². The molecule has 1 aromatic carbocycles. The van der Waals surface area contributed by atoms with Crippen molar-refractivity contribution >= 4 is 5.78 Å². The predicted octanol–water partition coefficient (Wildman–Crippen LogP) is 3.34. The summed E-state index contributed by atoms with van der Waals surface area (Å²) in [6.07, 6.45) is 2.05. The number of aromatic nitrogens is 2. The molecule has 0 unspecified atom stereocenters. The quantitative estimate of drug-likeness (QED) is 0.790. The first-order chi connectivity index (χ1) is 8.97. The summed E-state index contributed by atoms with van der Waals surface area (Å²) in [5.74, 6) is -0.466. The van der Waals surface area contributed by atoms with Gasteiger partial charge < -0.3 is 0 Å². The number of aryl methyl sites for hydroxylation is 1. The molecule has 0 amide bonds. The van der Waals surface area contributed by atoms with Crippen LogP contribution in [-0.4, -0.2) is 15.6 Å². The van der Waals surface area contributed by atoms with E-state index < -0.39 is 0 Å². The number of benzene rings is 1. The number of carbonyl (C=O) groups is 1. The van der Waals surface area contributed by atoms with Crippen LogP contribution in [0.2, 0.25) is 0 Å². The Morgan fingerprint density at radius 1 is 1.37 bits per heavy atom. The van der Waals surface area contributed by atoms with Crippen LogP contribution in [0, 0.1) is 12.7 Å². The molecule has 0 radical (unpaired) electrons. The van der Waals surface area contributed by atoms with Gasteiger partial charge in [-0.25, -0.2) is 4.39 Å². The van der Waals surface area contributed by atoms with Gasteiger partial charge in [0.1, 0.15) is 5.82 Å². The zero-order valence-corrected chi connectivity index (χ0v) is 11.4. The maximum Gasteiger partial charge on any atom is 0.168 e. The molecule has 0 saturated heterocycles. The largest absolute Gasteiger partial charge is 0.294 e. The summed E-state index contributed by atoms with van der Waals surface area (Å²) >= 11 is 0. The van der Waals surface area contributed by atoms with Crippen molar-refractivity contribution < 1.29 is 9.18 Å². The van der Waals surface area contributed by atoms with Gasteiger partial charge in [-0.05, 0) is 38.5 Å². The lowest BCUT2D eigenvalue weighted by Crippen LogP contribution is -2.07. The summed E-state index contributed by atoms with van der Waals surface area (Å²) < 4.78 is 15.2. The van der Waals surface area contributed by atoms with Crippen LogP contribution in [0.5, 0.6) is 0 Å². The molecule has 2 rings (SSSR count). The lowest BCUT2D eigenvalue weighted by molar-refractivity contribution is 0.0991. The molecule has 100 valence electrons. The van der Waals surface area contributed by atoms with Crippen LogP contribution in [0.4, 0.5) is 4.39 Å². The third-order valence-electron chi connectivity index (χ3n) is 3.03. The van der Waals surface area contributed by atoms with Crippen LogP contribution >= 0.6 is 0 Å². The molecule has 0 spiro atoms. The summed E-state index contributed by atoms with van der Waals surface area (Å²) in [6, 6.07) is 6.65. The zero-order valence-electron chi connectivity index (χ0n) is 11.4. The molecule has 0 aliphatic rings. The number of Topliss-reactive ketones (excluding diaryl/α,β-unsaturated/α-hetero) is 1. The second kappa shape index (κ2) is 5.34. The molecule has 0 saturated carbocycles. The number of hydrogen-bond donors (Lipinski definition) is 0. The number of carbonyl (C=O) groups excluding carboxylic acids is 1. The lowest BCUT2D eigenvalue weighted by Gasteiger charge is -2.04. The minimum atomic E-state index is -0.349. The predicted molar refractivity (Wildman–Crippen MR) is 71.8 cm³/mol. The molecule has 0 N–H and O–H groups in total. The molecule has 0 fully saturated rings. The first kappa shape index (κ1) is 13.5. The standard InChI is InChI=1S/C15H17FN2O/c1-10(2)18-7-6-13(17-18)9-15(19)12-5-4-11(3)14(16)8-12/h4-8,10H,9H2,1-3H3. The number of hydrogen-bond acceptors (Lipinski definition) is 2. The minimum Gasteiger partial charge on any atom is -0.294 e. The summed E-state index contributed by atoms with van der Waals surface area (Å²) in [7, 11) is 0. The van der Waals surface area contributed by atoms with Gasteiger partial charge in [-0.15, -0.1) is 0 Å². The highest BCUT2D eigenvalue weighted by Gasteiger charge is 2.11. The van der Waals surface area contributed by atoms with E-state index in [1.807, 2.05) is 26.1 Å². The molecule has 4 heteroatoms. The van der Waals surface area contributed by atoms with Crippen LogP contribution in [0.25, 0.3) is 0 Å². The molecule has 1 heterocycles. The molecule has 1 aromatic heterocycles. The smallest absolute Gasteiger partial charge is 0.168 e. The molecule has 0 aliphatic heterocycles. The van der Waals surface area contributed by atoms with E-state index >= 15 is 0 Å². The molecule has 3 nitrogen and oxygen atoms in total. The first-order valence-electron chi connectivity index (χ1n) is 6.30. The van der Waals surface area contributed by atoms with Gasteiger partial charge in [-0.2, -0.15) is 5.10 Å². The van der Waals surface area contributed by atoms with Crippen molar-refractivity contribution in [3.8, 4) is 0 Å². The second-order valence-electron chi connectivity index (χ2n) is 4.94. The summed E-state index contributed by atoms with van der Waals surface area (Å²) in [5.41, 5.74) is 1.64. The highest BCUT2D eigenvalue weighted by molar-refractivity contribution is 5.97. The summed E-state index contributed by atoms with van der Waals surface area (Å²) in [4.78, 5) is 12.0. The summed E-state index contributed by atoms with van der Waals surface area (Å²) in [6.45, 7) is 5.72. The Labute approximate surface area is 112 Å². The van der Waals surface area contributed by atoms with Crippen LogP contribution in [0.3, 0.4) is 0 Å². The molecular weight excluding hydrogens is 243 g/mol. The average Bonchev–Trinajstić information content (AvgIpc) is 2.81. The van der Waals surface area contributed by atoms with Gasteiger partial charge in [-0.3, -0.25) is 9.48 Å². The molecule has 0 atom stereocenters. The fourth-order valence-corrected chi connectivity index (χ4v) is 1.79. The van der Waals surface area contributed by atoms with E-state index in [1.54, 1.807) is 23.7 Å². The average molecular weight is 260 g/mol. The second-order valence-corrected chi connectivity index (χ2v) is 4.94. The van der Waals surface area contributed by atoms with E-state index in [2.05, 4.69) is 5.10 Å². The van der Waals surface area contributed by atoms with E-state index in [0.29, 0.717) is 16.8 Å². The van der Waals surface area contributed by atoms with Crippen molar-refractivity contribution in [1.82, 2.24) is 9.78 Å². The Kier molecular flexibility index (Phi) is 3.79. The number of ketones is 1. The van der Waals surface area contributed by atoms with Gasteiger partial charge in [0.05, 0.1) is 12.1 Å². The third-order valence-corrected chi connectivity index (χ3v) is 3.03. The first-order valence-corrected chi connectivity index (χ1v) is 6.30. The van der Waals surface area contributed by atoms with E-state index in [0.717, 1.165) is 0 Å². The Morgan fingerprint density at radius 3 is 2.68 bits per heavy atom. The molecular formula is C15H17FN2O. The topological polar surface area (TPSA) is 34.9 Å². The molecule has 19 heavy (non-hydrogen) atoms. The fraction of sp³-hybridized carbons (Fsp3) is 0.333. The Hall–Kier alpha value is -1.97. The van der Waals surface area contributed by atoms with Gasteiger partial charge in [-0.1, -0.05) is 12.1 Å². The lowest BCUT2D eigenvalue weighted by atomic mass is 10.0. The van der Waals surface area contributed by atoms with Gasteiger partial charge in [0.15, 0.2) is 5.78 Å². The maximum atomic E-state index is 13.4. The fourth-order valence-electron chi connectivity index (χ4n) is 1.79. The van der Waals surface area contributed by atoms with Crippen molar-refractivity contribution in [1.29, 1.82) is 0 Å². The van der Waals surface area contributed by atoms with Gasteiger partial charge in [0, 0.05) is 17.8 Å².